The van der Waals surface area contributed by atoms with E-state index in [1.165, 1.54) is 51.4 Å². The van der Waals surface area contributed by atoms with E-state index in [-0.39, 0.29) is 23.9 Å². The Balaban J connectivity index is 2.24. The van der Waals surface area contributed by atoms with Gasteiger partial charge in [-0.05, 0) is 38.0 Å². The average Bonchev–Trinajstić information content (AvgIpc) is 2.65. The summed E-state index contributed by atoms with van der Waals surface area (Å²) in [7, 11) is 0. The second-order valence-corrected chi connectivity index (χ2v) is 8.74. The molecule has 0 bridgehead atoms. The second kappa shape index (κ2) is 14.0. The second-order valence-electron chi connectivity index (χ2n) is 8.74. The predicted molar refractivity (Wildman–Crippen MR) is 110 cm³/mol. The summed E-state index contributed by atoms with van der Waals surface area (Å²) in [5.41, 5.74) is 0. The molecule has 1 fully saturated rings. The quantitative estimate of drug-likeness (QED) is 0.280. The van der Waals surface area contributed by atoms with Gasteiger partial charge in [-0.1, -0.05) is 78.6 Å². The van der Waals surface area contributed by atoms with Crippen molar-refractivity contribution in [2.45, 2.75) is 117 Å². The number of hydrogen-bond acceptors (Lipinski definition) is 3. The number of esters is 1. The third kappa shape index (κ3) is 10.2. The number of carbonyl (C=O) groups excluding carboxylic acids is 1. The first-order chi connectivity index (χ1) is 13.0. The SMILES string of the molecule is CCCCCCCCCCCC(OC(=O)C1CCCC(C(=O)O)C1)C(C)C. The Labute approximate surface area is 166 Å². The van der Waals surface area contributed by atoms with E-state index >= 15 is 0 Å². The minimum absolute atomic E-state index is 0.0349. The van der Waals surface area contributed by atoms with Crippen LogP contribution in [-0.2, 0) is 14.3 Å². The van der Waals surface area contributed by atoms with Crippen LogP contribution in [0.4, 0.5) is 0 Å². The molecule has 0 spiro atoms. The van der Waals surface area contributed by atoms with Crippen molar-refractivity contribution in [3.05, 3.63) is 0 Å². The van der Waals surface area contributed by atoms with E-state index in [0.717, 1.165) is 25.7 Å². The molecule has 4 heteroatoms. The van der Waals surface area contributed by atoms with E-state index in [4.69, 9.17) is 4.74 Å². The van der Waals surface area contributed by atoms with Crippen molar-refractivity contribution in [1.82, 2.24) is 0 Å². The van der Waals surface area contributed by atoms with Gasteiger partial charge in [0.25, 0.3) is 0 Å². The van der Waals surface area contributed by atoms with Crippen LogP contribution in [0.25, 0.3) is 0 Å². The molecule has 1 rings (SSSR count). The Kier molecular flexibility index (Phi) is 12.4. The lowest BCUT2D eigenvalue weighted by molar-refractivity contribution is -0.159. The third-order valence-corrected chi connectivity index (χ3v) is 5.96. The number of carboxylic acid groups (broad SMARTS) is 1. The van der Waals surface area contributed by atoms with Crippen molar-refractivity contribution in [3.63, 3.8) is 0 Å². The third-order valence-electron chi connectivity index (χ3n) is 5.96. The van der Waals surface area contributed by atoms with Crippen molar-refractivity contribution >= 4 is 11.9 Å². The number of rotatable bonds is 14. The lowest BCUT2D eigenvalue weighted by atomic mass is 9.81. The molecule has 4 nitrogen and oxygen atoms in total. The van der Waals surface area contributed by atoms with Crippen LogP contribution in [0.1, 0.15) is 111 Å². The van der Waals surface area contributed by atoms with Gasteiger partial charge in [0.05, 0.1) is 11.8 Å². The van der Waals surface area contributed by atoms with Gasteiger partial charge >= 0.3 is 11.9 Å². The highest BCUT2D eigenvalue weighted by Gasteiger charge is 2.33. The Morgan fingerprint density at radius 2 is 1.48 bits per heavy atom. The maximum atomic E-state index is 12.5. The molecule has 0 aromatic heterocycles. The van der Waals surface area contributed by atoms with Crippen molar-refractivity contribution in [3.8, 4) is 0 Å². The molecule has 1 N–H and O–H groups in total. The maximum absolute atomic E-state index is 12.5. The van der Waals surface area contributed by atoms with E-state index in [0.29, 0.717) is 18.8 Å². The summed E-state index contributed by atoms with van der Waals surface area (Å²) >= 11 is 0. The zero-order chi connectivity index (χ0) is 20.1. The van der Waals surface area contributed by atoms with Crippen LogP contribution in [-0.4, -0.2) is 23.1 Å². The number of aliphatic carboxylic acids is 1. The topological polar surface area (TPSA) is 63.6 Å². The molecule has 3 unspecified atom stereocenters. The number of unbranched alkanes of at least 4 members (excludes halogenated alkanes) is 8. The molecular weight excluding hydrogens is 340 g/mol. The van der Waals surface area contributed by atoms with E-state index < -0.39 is 5.97 Å². The molecule has 158 valence electrons. The molecule has 0 aromatic rings. The largest absolute Gasteiger partial charge is 0.481 e. The van der Waals surface area contributed by atoms with Crippen molar-refractivity contribution < 1.29 is 19.4 Å². The Morgan fingerprint density at radius 3 is 2.04 bits per heavy atom. The molecule has 3 atom stereocenters. The van der Waals surface area contributed by atoms with Gasteiger partial charge in [0, 0.05) is 0 Å². The Hall–Kier alpha value is -1.06. The molecule has 0 saturated heterocycles. The van der Waals surface area contributed by atoms with Crippen molar-refractivity contribution in [1.29, 1.82) is 0 Å². The molecule has 1 aliphatic carbocycles. The number of carboxylic acids is 1. The van der Waals surface area contributed by atoms with E-state index in [1.807, 2.05) is 0 Å². The molecule has 0 aliphatic heterocycles. The molecule has 27 heavy (non-hydrogen) atoms. The summed E-state index contributed by atoms with van der Waals surface area (Å²) in [6.45, 7) is 6.45. The maximum Gasteiger partial charge on any atom is 0.309 e. The normalized spacial score (nSPS) is 21.2. The van der Waals surface area contributed by atoms with Gasteiger partial charge in [0.1, 0.15) is 6.10 Å². The number of hydrogen-bond donors (Lipinski definition) is 1. The molecule has 0 amide bonds. The summed E-state index contributed by atoms with van der Waals surface area (Å²) in [5.74, 6) is -1.25. The first-order valence-corrected chi connectivity index (χ1v) is 11.4. The highest BCUT2D eigenvalue weighted by Crippen LogP contribution is 2.31. The standard InChI is InChI=1S/C23H42O4/c1-4-5-6-7-8-9-10-11-12-16-21(18(2)3)27-23(26)20-15-13-14-19(17-20)22(24)25/h18-21H,4-17H2,1-3H3,(H,24,25). The van der Waals surface area contributed by atoms with Crippen LogP contribution in [0.3, 0.4) is 0 Å². The molecule has 1 aliphatic rings. The number of carbonyl (C=O) groups is 2. The van der Waals surface area contributed by atoms with Gasteiger partial charge < -0.3 is 9.84 Å². The summed E-state index contributed by atoms with van der Waals surface area (Å²) in [4.78, 5) is 23.7. The minimum Gasteiger partial charge on any atom is -0.481 e. The van der Waals surface area contributed by atoms with E-state index in [9.17, 15) is 14.7 Å². The fraction of sp³-hybridized carbons (Fsp3) is 0.913. The lowest BCUT2D eigenvalue weighted by Crippen LogP contribution is -2.32. The van der Waals surface area contributed by atoms with Crippen molar-refractivity contribution in [2.75, 3.05) is 0 Å². The smallest absolute Gasteiger partial charge is 0.309 e. The van der Waals surface area contributed by atoms with Gasteiger partial charge in [0.15, 0.2) is 0 Å². The zero-order valence-electron chi connectivity index (χ0n) is 17.9. The average molecular weight is 383 g/mol. The van der Waals surface area contributed by atoms with Crippen LogP contribution in [0.5, 0.6) is 0 Å². The van der Waals surface area contributed by atoms with E-state index in [1.54, 1.807) is 0 Å². The molecule has 0 aromatic carbocycles. The molecule has 0 radical (unpaired) electrons. The first-order valence-electron chi connectivity index (χ1n) is 11.4. The highest BCUT2D eigenvalue weighted by atomic mass is 16.5. The summed E-state index contributed by atoms with van der Waals surface area (Å²) < 4.78 is 5.82. The van der Waals surface area contributed by atoms with Crippen LogP contribution in [0.15, 0.2) is 0 Å². The number of ether oxygens (including phenoxy) is 1. The fourth-order valence-corrected chi connectivity index (χ4v) is 4.06. The summed E-state index contributed by atoms with van der Waals surface area (Å²) in [6, 6.07) is 0. The van der Waals surface area contributed by atoms with Gasteiger partial charge in [-0.3, -0.25) is 9.59 Å². The van der Waals surface area contributed by atoms with Crippen LogP contribution < -0.4 is 0 Å². The van der Waals surface area contributed by atoms with Gasteiger partial charge in [0.2, 0.25) is 0 Å². The fourth-order valence-electron chi connectivity index (χ4n) is 4.06. The van der Waals surface area contributed by atoms with E-state index in [2.05, 4.69) is 20.8 Å². The Bertz CT molecular complexity index is 419. The first kappa shape index (κ1) is 24.0. The lowest BCUT2D eigenvalue weighted by Gasteiger charge is -2.28. The molecule has 0 heterocycles. The highest BCUT2D eigenvalue weighted by molar-refractivity contribution is 5.75. The van der Waals surface area contributed by atoms with Gasteiger partial charge in [-0.2, -0.15) is 0 Å². The van der Waals surface area contributed by atoms with Crippen LogP contribution >= 0.6 is 0 Å². The minimum atomic E-state index is -0.775. The van der Waals surface area contributed by atoms with Crippen LogP contribution in [0.2, 0.25) is 0 Å². The van der Waals surface area contributed by atoms with Crippen LogP contribution in [0, 0.1) is 17.8 Å². The monoisotopic (exact) mass is 382 g/mol. The Morgan fingerprint density at radius 1 is 0.926 bits per heavy atom. The van der Waals surface area contributed by atoms with Gasteiger partial charge in [-0.25, -0.2) is 0 Å². The predicted octanol–water partition coefficient (Wildman–Crippen LogP) is 6.37. The zero-order valence-corrected chi connectivity index (χ0v) is 17.9. The molecular formula is C23H42O4. The van der Waals surface area contributed by atoms with Gasteiger partial charge in [-0.15, -0.1) is 0 Å². The van der Waals surface area contributed by atoms with Crippen molar-refractivity contribution in [2.24, 2.45) is 17.8 Å². The summed E-state index contributed by atoms with van der Waals surface area (Å²) in [6.07, 6.45) is 15.2. The molecule has 1 saturated carbocycles. The summed E-state index contributed by atoms with van der Waals surface area (Å²) in [5, 5.41) is 9.20.